The van der Waals surface area contributed by atoms with Crippen LogP contribution >= 0.6 is 15.9 Å². The van der Waals surface area contributed by atoms with Gasteiger partial charge in [-0.1, -0.05) is 0 Å². The molecule has 12 heavy (non-hydrogen) atoms. The Balaban J connectivity index is 2.93. The van der Waals surface area contributed by atoms with Gasteiger partial charge >= 0.3 is 0 Å². The lowest BCUT2D eigenvalue weighted by atomic mass is 10.1. The molecule has 0 heterocycles. The predicted octanol–water partition coefficient (Wildman–Crippen LogP) is 1.39. The van der Waals surface area contributed by atoms with Crippen molar-refractivity contribution in [1.82, 2.24) is 0 Å². The van der Waals surface area contributed by atoms with Crippen molar-refractivity contribution in [2.75, 3.05) is 14.2 Å². The molecule has 0 aromatic carbocycles. The van der Waals surface area contributed by atoms with Crippen LogP contribution < -0.4 is 0 Å². The summed E-state index contributed by atoms with van der Waals surface area (Å²) in [7, 11) is 2.99. The van der Waals surface area contributed by atoms with Crippen LogP contribution in [0, 0.1) is 0 Å². The molecule has 0 fully saturated rings. The third kappa shape index (κ3) is 1.76. The fourth-order valence-corrected chi connectivity index (χ4v) is 1.20. The Kier molecular flexibility index (Phi) is 2.69. The average molecular weight is 233 g/mol. The van der Waals surface area contributed by atoms with Crippen molar-refractivity contribution in [3.63, 3.8) is 0 Å². The second kappa shape index (κ2) is 3.41. The quantitative estimate of drug-likeness (QED) is 0.676. The average Bonchev–Trinajstić information content (AvgIpc) is 2.10. The number of ether oxygens (including phenoxy) is 2. The van der Waals surface area contributed by atoms with Gasteiger partial charge in [0.05, 0.1) is 7.11 Å². The molecule has 0 amide bonds. The summed E-state index contributed by atoms with van der Waals surface area (Å²) in [6.07, 6.45) is 4.62. The first-order chi connectivity index (χ1) is 5.61. The molecule has 0 saturated heterocycles. The number of alkyl halides is 1. The summed E-state index contributed by atoms with van der Waals surface area (Å²) in [6, 6.07) is 0. The zero-order chi connectivity index (χ0) is 9.19. The molecule has 3 nitrogen and oxygen atoms in total. The SMILES string of the molecule is COC1=CC(Br)(OC)C=CC1=O. The Hall–Kier alpha value is -0.610. The standard InChI is InChI=1S/C8H9BrO3/c1-11-7-5-8(9,12-2)4-3-6(7)10/h3-5H,1-2H3. The van der Waals surface area contributed by atoms with E-state index in [9.17, 15) is 4.79 Å². The van der Waals surface area contributed by atoms with Crippen molar-refractivity contribution in [1.29, 1.82) is 0 Å². The lowest BCUT2D eigenvalue weighted by Gasteiger charge is -2.21. The van der Waals surface area contributed by atoms with E-state index in [2.05, 4.69) is 15.9 Å². The van der Waals surface area contributed by atoms with Gasteiger partial charge in [-0.05, 0) is 28.1 Å². The molecule has 1 atom stereocenters. The second-order valence-electron chi connectivity index (χ2n) is 2.31. The van der Waals surface area contributed by atoms with Crippen molar-refractivity contribution < 1.29 is 14.3 Å². The van der Waals surface area contributed by atoms with Gasteiger partial charge in [0.15, 0.2) is 10.3 Å². The summed E-state index contributed by atoms with van der Waals surface area (Å²) < 4.78 is 9.23. The van der Waals surface area contributed by atoms with Crippen LogP contribution in [0.4, 0.5) is 0 Å². The maximum atomic E-state index is 11.1. The zero-order valence-electron chi connectivity index (χ0n) is 6.83. The van der Waals surface area contributed by atoms with E-state index >= 15 is 0 Å². The maximum absolute atomic E-state index is 11.1. The predicted molar refractivity (Wildman–Crippen MR) is 47.9 cm³/mol. The molecular formula is C8H9BrO3. The van der Waals surface area contributed by atoms with E-state index in [0.717, 1.165) is 0 Å². The van der Waals surface area contributed by atoms with E-state index in [4.69, 9.17) is 9.47 Å². The first kappa shape index (κ1) is 9.48. The number of hydrogen-bond acceptors (Lipinski definition) is 3. The lowest BCUT2D eigenvalue weighted by molar-refractivity contribution is -0.114. The Morgan fingerprint density at radius 3 is 2.67 bits per heavy atom. The van der Waals surface area contributed by atoms with Gasteiger partial charge in [0.25, 0.3) is 0 Å². The minimum atomic E-state index is -0.702. The normalized spacial score (nSPS) is 28.6. The minimum absolute atomic E-state index is 0.148. The van der Waals surface area contributed by atoms with Gasteiger partial charge in [-0.15, -0.1) is 0 Å². The van der Waals surface area contributed by atoms with Crippen LogP contribution in [0.3, 0.4) is 0 Å². The van der Waals surface area contributed by atoms with Crippen LogP contribution in [-0.4, -0.2) is 24.5 Å². The van der Waals surface area contributed by atoms with Gasteiger partial charge in [-0.3, -0.25) is 4.79 Å². The number of methoxy groups -OCH3 is 2. The Bertz CT molecular complexity index is 257. The summed E-state index contributed by atoms with van der Waals surface area (Å²) >= 11 is 3.29. The molecular weight excluding hydrogens is 224 g/mol. The number of rotatable bonds is 2. The number of carbonyl (C=O) groups is 1. The fourth-order valence-electron chi connectivity index (χ4n) is 0.856. The van der Waals surface area contributed by atoms with E-state index in [1.54, 1.807) is 19.3 Å². The van der Waals surface area contributed by atoms with Gasteiger partial charge in [-0.25, -0.2) is 0 Å². The van der Waals surface area contributed by atoms with Gasteiger partial charge in [0.1, 0.15) is 0 Å². The molecule has 1 aliphatic rings. The number of ketones is 1. The number of carbonyl (C=O) groups excluding carboxylic acids is 1. The molecule has 0 radical (unpaired) electrons. The number of allylic oxidation sites excluding steroid dienone is 1. The molecule has 0 spiro atoms. The van der Waals surface area contributed by atoms with E-state index in [1.807, 2.05) is 0 Å². The van der Waals surface area contributed by atoms with Crippen molar-refractivity contribution >= 4 is 21.7 Å². The van der Waals surface area contributed by atoms with E-state index < -0.39 is 4.51 Å². The Morgan fingerprint density at radius 2 is 2.17 bits per heavy atom. The summed E-state index contributed by atoms with van der Waals surface area (Å²) in [5.41, 5.74) is 0. The topological polar surface area (TPSA) is 35.5 Å². The highest BCUT2D eigenvalue weighted by Gasteiger charge is 2.27. The van der Waals surface area contributed by atoms with Crippen molar-refractivity contribution in [2.24, 2.45) is 0 Å². The Morgan fingerprint density at radius 1 is 1.50 bits per heavy atom. The molecule has 1 aliphatic carbocycles. The molecule has 1 rings (SSSR count). The van der Waals surface area contributed by atoms with Crippen LogP contribution in [0.1, 0.15) is 0 Å². The van der Waals surface area contributed by atoms with Crippen LogP contribution in [0.2, 0.25) is 0 Å². The third-order valence-corrected chi connectivity index (χ3v) is 2.38. The monoisotopic (exact) mass is 232 g/mol. The molecule has 0 saturated carbocycles. The van der Waals surface area contributed by atoms with Gasteiger partial charge in [0.2, 0.25) is 5.78 Å². The molecule has 0 N–H and O–H groups in total. The molecule has 0 aliphatic heterocycles. The fraction of sp³-hybridized carbons (Fsp3) is 0.375. The molecule has 0 aromatic heterocycles. The van der Waals surface area contributed by atoms with Gasteiger partial charge in [0, 0.05) is 13.2 Å². The number of hydrogen-bond donors (Lipinski definition) is 0. The molecule has 0 aromatic rings. The first-order valence-corrected chi connectivity index (χ1v) is 4.15. The highest BCUT2D eigenvalue weighted by molar-refractivity contribution is 9.10. The molecule has 0 bridgehead atoms. The summed E-state index contributed by atoms with van der Waals surface area (Å²) in [5, 5.41) is 0. The van der Waals surface area contributed by atoms with Crippen molar-refractivity contribution in [3.05, 3.63) is 24.0 Å². The molecule has 1 unspecified atom stereocenters. The number of halogens is 1. The minimum Gasteiger partial charge on any atom is -0.493 e. The van der Waals surface area contributed by atoms with E-state index in [0.29, 0.717) is 0 Å². The van der Waals surface area contributed by atoms with Crippen LogP contribution in [0.25, 0.3) is 0 Å². The maximum Gasteiger partial charge on any atom is 0.219 e. The second-order valence-corrected chi connectivity index (χ2v) is 3.55. The smallest absolute Gasteiger partial charge is 0.219 e. The van der Waals surface area contributed by atoms with Crippen molar-refractivity contribution in [3.8, 4) is 0 Å². The van der Waals surface area contributed by atoms with Crippen LogP contribution in [-0.2, 0) is 14.3 Å². The summed E-state index contributed by atoms with van der Waals surface area (Å²) in [4.78, 5) is 11.1. The lowest BCUT2D eigenvalue weighted by Crippen LogP contribution is -2.23. The van der Waals surface area contributed by atoms with Crippen molar-refractivity contribution in [2.45, 2.75) is 4.51 Å². The summed E-state index contributed by atoms with van der Waals surface area (Å²) in [5.74, 6) is 0.140. The zero-order valence-corrected chi connectivity index (χ0v) is 8.42. The van der Waals surface area contributed by atoms with Crippen LogP contribution in [0.15, 0.2) is 24.0 Å². The Labute approximate surface area is 79.2 Å². The molecule has 66 valence electrons. The van der Waals surface area contributed by atoms with Crippen LogP contribution in [0.5, 0.6) is 0 Å². The highest BCUT2D eigenvalue weighted by atomic mass is 79.9. The largest absolute Gasteiger partial charge is 0.493 e. The highest BCUT2D eigenvalue weighted by Crippen LogP contribution is 2.28. The first-order valence-electron chi connectivity index (χ1n) is 3.36. The molecule has 4 heteroatoms. The van der Waals surface area contributed by atoms with Gasteiger partial charge in [-0.2, -0.15) is 0 Å². The third-order valence-electron chi connectivity index (χ3n) is 1.57. The van der Waals surface area contributed by atoms with Gasteiger partial charge < -0.3 is 9.47 Å². The van der Waals surface area contributed by atoms with E-state index in [-0.39, 0.29) is 11.5 Å². The van der Waals surface area contributed by atoms with E-state index in [1.165, 1.54) is 13.2 Å². The summed E-state index contributed by atoms with van der Waals surface area (Å²) in [6.45, 7) is 0.